The number of alkyl carbamates (subject to hydrolysis) is 1. The maximum absolute atomic E-state index is 12.4. The van der Waals surface area contributed by atoms with Crippen molar-refractivity contribution in [2.75, 3.05) is 25.5 Å². The van der Waals surface area contributed by atoms with Crippen molar-refractivity contribution in [1.82, 2.24) is 20.6 Å². The molecule has 1 heterocycles. The van der Waals surface area contributed by atoms with Gasteiger partial charge in [-0.3, -0.25) is 4.79 Å². The van der Waals surface area contributed by atoms with Crippen LogP contribution in [-0.2, 0) is 4.74 Å². The summed E-state index contributed by atoms with van der Waals surface area (Å²) in [5.41, 5.74) is 4.60. The highest BCUT2D eigenvalue weighted by Gasteiger charge is 2.24. The molecule has 1 aliphatic carbocycles. The molecule has 1 aromatic heterocycles. The fourth-order valence-electron chi connectivity index (χ4n) is 3.27. The van der Waals surface area contributed by atoms with Crippen LogP contribution in [0, 0.1) is 6.92 Å². The molecule has 0 spiro atoms. The number of amides is 2. The highest BCUT2D eigenvalue weighted by atomic mass is 16.5. The third-order valence-electron chi connectivity index (χ3n) is 5.17. The summed E-state index contributed by atoms with van der Waals surface area (Å²) in [6.07, 6.45) is 3.42. The van der Waals surface area contributed by atoms with Gasteiger partial charge in [-0.1, -0.05) is 12.1 Å². The van der Waals surface area contributed by atoms with E-state index in [1.165, 1.54) is 7.11 Å². The smallest absolute Gasteiger partial charge is 0.406 e. The molecule has 4 rings (SSSR count). The van der Waals surface area contributed by atoms with Crippen LogP contribution in [0.2, 0.25) is 0 Å². The van der Waals surface area contributed by atoms with Crippen LogP contribution in [0.4, 0.5) is 10.7 Å². The molecule has 2 aromatic carbocycles. The molecule has 1 saturated carbocycles. The van der Waals surface area contributed by atoms with Crippen molar-refractivity contribution in [3.63, 3.8) is 0 Å². The zero-order valence-corrected chi connectivity index (χ0v) is 17.6. The topological polar surface area (TPSA) is 105 Å². The Kier molecular flexibility index (Phi) is 5.97. The highest BCUT2D eigenvalue weighted by Crippen LogP contribution is 2.28. The monoisotopic (exact) mass is 419 g/mol. The standard InChI is InChI=1S/C23H25N5O3/c1-14-3-4-16(21(29)27-18-6-7-18)12-19(14)15-5-8-20-17(11-15)13-26-22(28-20)24-9-10-25-23(30)31-2/h3-5,8,11-13,18H,6-7,9-10H2,1-2H3,(H,25,30)(H,27,29)(H,24,26,28). The molecule has 8 nitrogen and oxygen atoms in total. The molecular formula is C23H25N5O3. The fraction of sp³-hybridized carbons (Fsp3) is 0.304. The van der Waals surface area contributed by atoms with Crippen LogP contribution < -0.4 is 16.0 Å². The van der Waals surface area contributed by atoms with E-state index in [1.54, 1.807) is 6.20 Å². The van der Waals surface area contributed by atoms with Crippen molar-refractivity contribution >= 4 is 28.9 Å². The molecule has 8 heteroatoms. The van der Waals surface area contributed by atoms with Crippen molar-refractivity contribution in [2.24, 2.45) is 0 Å². The number of nitrogens with zero attached hydrogens (tertiary/aromatic N) is 2. The first-order valence-electron chi connectivity index (χ1n) is 10.3. The van der Waals surface area contributed by atoms with E-state index in [1.807, 2.05) is 43.3 Å². The van der Waals surface area contributed by atoms with Crippen molar-refractivity contribution in [3.05, 3.63) is 53.7 Å². The van der Waals surface area contributed by atoms with Crippen LogP contribution in [0.5, 0.6) is 0 Å². The van der Waals surface area contributed by atoms with Crippen LogP contribution >= 0.6 is 0 Å². The summed E-state index contributed by atoms with van der Waals surface area (Å²) in [4.78, 5) is 32.4. The normalized spacial score (nSPS) is 13.0. The lowest BCUT2D eigenvalue weighted by molar-refractivity contribution is 0.0951. The number of methoxy groups -OCH3 is 1. The zero-order chi connectivity index (χ0) is 21.8. The number of hydrogen-bond donors (Lipinski definition) is 3. The van der Waals surface area contributed by atoms with Gasteiger partial charge in [0.15, 0.2) is 0 Å². The predicted molar refractivity (Wildman–Crippen MR) is 119 cm³/mol. The van der Waals surface area contributed by atoms with Gasteiger partial charge in [0.05, 0.1) is 12.6 Å². The van der Waals surface area contributed by atoms with Gasteiger partial charge in [0, 0.05) is 36.3 Å². The first-order chi connectivity index (χ1) is 15.0. The molecule has 160 valence electrons. The van der Waals surface area contributed by atoms with Crippen molar-refractivity contribution in [2.45, 2.75) is 25.8 Å². The summed E-state index contributed by atoms with van der Waals surface area (Å²) in [5, 5.41) is 9.61. The van der Waals surface area contributed by atoms with Gasteiger partial charge in [-0.2, -0.15) is 0 Å². The second kappa shape index (κ2) is 8.99. The summed E-state index contributed by atoms with van der Waals surface area (Å²) in [5.74, 6) is 0.465. The second-order valence-corrected chi connectivity index (χ2v) is 7.59. The minimum Gasteiger partial charge on any atom is -0.453 e. The Morgan fingerprint density at radius 2 is 1.97 bits per heavy atom. The molecule has 0 unspecified atom stereocenters. The molecule has 0 aliphatic heterocycles. The van der Waals surface area contributed by atoms with Crippen molar-refractivity contribution < 1.29 is 14.3 Å². The first kappa shape index (κ1) is 20.6. The van der Waals surface area contributed by atoms with E-state index in [4.69, 9.17) is 0 Å². The van der Waals surface area contributed by atoms with Gasteiger partial charge >= 0.3 is 6.09 Å². The molecule has 1 fully saturated rings. The van der Waals surface area contributed by atoms with E-state index in [-0.39, 0.29) is 5.91 Å². The molecule has 0 bridgehead atoms. The maximum Gasteiger partial charge on any atom is 0.406 e. The average molecular weight is 419 g/mol. The molecule has 0 radical (unpaired) electrons. The largest absolute Gasteiger partial charge is 0.453 e. The van der Waals surface area contributed by atoms with E-state index < -0.39 is 6.09 Å². The Balaban J connectivity index is 1.50. The fourth-order valence-corrected chi connectivity index (χ4v) is 3.27. The van der Waals surface area contributed by atoms with Crippen LogP contribution in [-0.4, -0.2) is 48.2 Å². The lowest BCUT2D eigenvalue weighted by atomic mass is 9.97. The van der Waals surface area contributed by atoms with Crippen LogP contribution in [0.25, 0.3) is 22.0 Å². The van der Waals surface area contributed by atoms with Crippen LogP contribution in [0.1, 0.15) is 28.8 Å². The Morgan fingerprint density at radius 1 is 1.13 bits per heavy atom. The van der Waals surface area contributed by atoms with Gasteiger partial charge in [0.2, 0.25) is 5.95 Å². The quantitative estimate of drug-likeness (QED) is 0.508. The second-order valence-electron chi connectivity index (χ2n) is 7.59. The summed E-state index contributed by atoms with van der Waals surface area (Å²) in [6, 6.07) is 12.1. The number of rotatable bonds is 7. The van der Waals surface area contributed by atoms with Gasteiger partial charge in [0.25, 0.3) is 5.91 Å². The Labute approximate surface area is 180 Å². The summed E-state index contributed by atoms with van der Waals surface area (Å²) in [7, 11) is 1.32. The lowest BCUT2D eigenvalue weighted by Gasteiger charge is -2.11. The first-order valence-corrected chi connectivity index (χ1v) is 10.3. The summed E-state index contributed by atoms with van der Waals surface area (Å²) in [6.45, 7) is 2.92. The number of carbonyl (C=O) groups is 2. The minimum atomic E-state index is -0.474. The van der Waals surface area contributed by atoms with E-state index in [0.717, 1.165) is 40.4 Å². The highest BCUT2D eigenvalue weighted by molar-refractivity contribution is 5.96. The predicted octanol–water partition coefficient (Wildman–Crippen LogP) is 3.27. The van der Waals surface area contributed by atoms with E-state index in [9.17, 15) is 9.59 Å². The number of aromatic nitrogens is 2. The minimum absolute atomic E-state index is 0.0229. The van der Waals surface area contributed by atoms with Gasteiger partial charge in [-0.05, 0) is 60.7 Å². The molecular weight excluding hydrogens is 394 g/mol. The molecule has 0 saturated heterocycles. The van der Waals surface area contributed by atoms with Crippen molar-refractivity contribution in [1.29, 1.82) is 0 Å². The third-order valence-corrected chi connectivity index (χ3v) is 5.17. The number of ether oxygens (including phenoxy) is 1. The molecule has 31 heavy (non-hydrogen) atoms. The Hall–Kier alpha value is -3.68. The van der Waals surface area contributed by atoms with Crippen molar-refractivity contribution in [3.8, 4) is 11.1 Å². The van der Waals surface area contributed by atoms with Crippen LogP contribution in [0.15, 0.2) is 42.6 Å². The lowest BCUT2D eigenvalue weighted by Crippen LogP contribution is -2.28. The number of fused-ring (bicyclic) bond motifs is 1. The molecule has 3 aromatic rings. The maximum atomic E-state index is 12.4. The van der Waals surface area contributed by atoms with Gasteiger partial charge in [-0.15, -0.1) is 0 Å². The molecule has 3 N–H and O–H groups in total. The number of carbonyl (C=O) groups excluding carboxylic acids is 2. The van der Waals surface area contributed by atoms with E-state index >= 15 is 0 Å². The SMILES string of the molecule is COC(=O)NCCNc1ncc2cc(-c3cc(C(=O)NC4CC4)ccc3C)ccc2n1. The van der Waals surface area contributed by atoms with E-state index in [0.29, 0.717) is 30.6 Å². The average Bonchev–Trinajstić information content (AvgIpc) is 3.60. The summed E-state index contributed by atoms with van der Waals surface area (Å²) >= 11 is 0. The molecule has 0 atom stereocenters. The number of hydrogen-bond acceptors (Lipinski definition) is 6. The Bertz CT molecular complexity index is 1130. The molecule has 2 amide bonds. The van der Waals surface area contributed by atoms with Gasteiger partial charge < -0.3 is 20.7 Å². The Morgan fingerprint density at radius 3 is 2.74 bits per heavy atom. The number of nitrogens with one attached hydrogen (secondary N) is 3. The zero-order valence-electron chi connectivity index (χ0n) is 17.6. The third kappa shape index (κ3) is 5.09. The van der Waals surface area contributed by atoms with Gasteiger partial charge in [0.1, 0.15) is 0 Å². The van der Waals surface area contributed by atoms with Crippen LogP contribution in [0.3, 0.4) is 0 Å². The number of aryl methyl sites for hydroxylation is 1. The number of benzene rings is 2. The van der Waals surface area contributed by atoms with E-state index in [2.05, 4.69) is 30.7 Å². The number of anilines is 1. The summed E-state index contributed by atoms with van der Waals surface area (Å²) < 4.78 is 4.52. The molecule has 1 aliphatic rings. The van der Waals surface area contributed by atoms with Gasteiger partial charge in [-0.25, -0.2) is 14.8 Å².